The van der Waals surface area contributed by atoms with Crippen molar-refractivity contribution in [1.29, 1.82) is 5.26 Å². The number of piperidine rings is 1. The van der Waals surface area contributed by atoms with Crippen molar-refractivity contribution in [3.05, 3.63) is 47.4 Å². The number of rotatable bonds is 3. The van der Waals surface area contributed by atoms with Crippen molar-refractivity contribution in [2.45, 2.75) is 32.0 Å². The first-order valence-corrected chi connectivity index (χ1v) is 8.68. The van der Waals surface area contributed by atoms with Gasteiger partial charge in [0.15, 0.2) is 0 Å². The van der Waals surface area contributed by atoms with Crippen LogP contribution in [0.5, 0.6) is 0 Å². The predicted molar refractivity (Wildman–Crippen MR) is 96.6 cm³/mol. The second kappa shape index (κ2) is 7.43. The summed E-state index contributed by atoms with van der Waals surface area (Å²) in [5.41, 5.74) is -0.0101. The van der Waals surface area contributed by atoms with E-state index in [1.165, 1.54) is 12.4 Å². The van der Waals surface area contributed by atoms with E-state index in [4.69, 9.17) is 0 Å². The van der Waals surface area contributed by atoms with Crippen molar-refractivity contribution in [3.8, 4) is 6.07 Å². The maximum absolute atomic E-state index is 13.3. The highest BCUT2D eigenvalue weighted by molar-refractivity contribution is 5.63. The zero-order chi connectivity index (χ0) is 19.6. The number of halogens is 3. The summed E-state index contributed by atoms with van der Waals surface area (Å²) in [5, 5.41) is 9.37. The van der Waals surface area contributed by atoms with E-state index < -0.39 is 11.7 Å². The highest BCUT2D eigenvalue weighted by Crippen LogP contribution is 2.37. The Kier molecular flexibility index (Phi) is 5.22. The lowest BCUT2D eigenvalue weighted by molar-refractivity contribution is -0.137. The van der Waals surface area contributed by atoms with Gasteiger partial charge in [0.05, 0.1) is 16.8 Å². The van der Waals surface area contributed by atoms with E-state index >= 15 is 0 Å². The van der Waals surface area contributed by atoms with Gasteiger partial charge in [-0.15, -0.1) is 0 Å². The van der Waals surface area contributed by atoms with Gasteiger partial charge in [-0.05, 0) is 31.9 Å². The van der Waals surface area contributed by atoms with Crippen LogP contribution < -0.4 is 9.80 Å². The van der Waals surface area contributed by atoms with Crippen LogP contribution in [0.3, 0.4) is 0 Å². The Morgan fingerprint density at radius 2 is 2.07 bits per heavy atom. The molecule has 0 amide bonds. The van der Waals surface area contributed by atoms with Crippen molar-refractivity contribution in [2.24, 2.45) is 0 Å². The van der Waals surface area contributed by atoms with Crippen LogP contribution in [0.4, 0.5) is 24.7 Å². The molecule has 27 heavy (non-hydrogen) atoms. The van der Waals surface area contributed by atoms with E-state index in [0.29, 0.717) is 18.8 Å². The van der Waals surface area contributed by atoms with Crippen LogP contribution in [0, 0.1) is 18.3 Å². The Morgan fingerprint density at radius 3 is 2.74 bits per heavy atom. The molecule has 1 atom stereocenters. The largest absolute Gasteiger partial charge is 0.417 e. The van der Waals surface area contributed by atoms with Crippen molar-refractivity contribution in [3.63, 3.8) is 0 Å². The third kappa shape index (κ3) is 3.97. The number of hydrogen-bond acceptors (Lipinski definition) is 5. The molecule has 0 spiro atoms. The zero-order valence-electron chi connectivity index (χ0n) is 15.2. The van der Waals surface area contributed by atoms with E-state index in [9.17, 15) is 18.4 Å². The van der Waals surface area contributed by atoms with Crippen LogP contribution in [0.2, 0.25) is 0 Å². The minimum atomic E-state index is -4.55. The zero-order valence-corrected chi connectivity index (χ0v) is 15.2. The predicted octanol–water partition coefficient (Wildman–Crippen LogP) is 3.78. The van der Waals surface area contributed by atoms with Gasteiger partial charge in [-0.2, -0.15) is 18.4 Å². The van der Waals surface area contributed by atoms with Gasteiger partial charge >= 0.3 is 6.18 Å². The Labute approximate surface area is 156 Å². The Bertz CT molecular complexity index is 859. The molecule has 0 bridgehead atoms. The number of hydrogen-bond donors (Lipinski definition) is 0. The molecule has 5 nitrogen and oxygen atoms in total. The molecule has 1 aliphatic heterocycles. The average molecular weight is 375 g/mol. The van der Waals surface area contributed by atoms with Gasteiger partial charge in [0, 0.05) is 37.9 Å². The summed E-state index contributed by atoms with van der Waals surface area (Å²) in [6.45, 7) is 3.02. The quantitative estimate of drug-likeness (QED) is 0.817. The molecule has 8 heteroatoms. The molecule has 2 aromatic rings. The standard InChI is InChI=1S/C19H20F3N5/c1-13-9-18(25-12-24-13)26(2)14-5-4-8-27(11-14)17-7-3-6-16(15(17)10-23)19(20,21)22/h3,6-7,9,12,14H,4-5,8,11H2,1-2H3. The number of nitriles is 1. The molecule has 1 aromatic heterocycles. The number of aryl methyl sites for hydroxylation is 1. The Morgan fingerprint density at radius 1 is 1.30 bits per heavy atom. The molecule has 0 saturated carbocycles. The highest BCUT2D eigenvalue weighted by Gasteiger charge is 2.36. The third-order valence-corrected chi connectivity index (χ3v) is 4.90. The van der Waals surface area contributed by atoms with Crippen LogP contribution in [0.1, 0.15) is 29.7 Å². The highest BCUT2D eigenvalue weighted by atomic mass is 19.4. The fourth-order valence-corrected chi connectivity index (χ4v) is 3.47. The molecule has 0 N–H and O–H groups in total. The van der Waals surface area contributed by atoms with E-state index in [0.717, 1.165) is 30.4 Å². The monoisotopic (exact) mass is 375 g/mol. The second-order valence-corrected chi connectivity index (χ2v) is 6.68. The molecule has 2 heterocycles. The number of nitrogens with zero attached hydrogens (tertiary/aromatic N) is 5. The van der Waals surface area contributed by atoms with Crippen LogP contribution >= 0.6 is 0 Å². The van der Waals surface area contributed by atoms with Gasteiger partial charge in [0.1, 0.15) is 18.2 Å². The first kappa shape index (κ1) is 19.0. The van der Waals surface area contributed by atoms with Gasteiger partial charge < -0.3 is 9.80 Å². The summed E-state index contributed by atoms with van der Waals surface area (Å²) in [4.78, 5) is 12.3. The van der Waals surface area contributed by atoms with Crippen LogP contribution in [0.15, 0.2) is 30.6 Å². The normalized spacial score (nSPS) is 17.5. The first-order chi connectivity index (χ1) is 12.8. The van der Waals surface area contributed by atoms with E-state index in [2.05, 4.69) is 9.97 Å². The van der Waals surface area contributed by atoms with Crippen LogP contribution in [0.25, 0.3) is 0 Å². The molecule has 3 rings (SSSR count). The smallest absolute Gasteiger partial charge is 0.368 e. The third-order valence-electron chi connectivity index (χ3n) is 4.90. The molecular formula is C19H20F3N5. The average Bonchev–Trinajstić information content (AvgIpc) is 2.66. The Balaban J connectivity index is 1.88. The van der Waals surface area contributed by atoms with Crippen molar-refractivity contribution >= 4 is 11.5 Å². The molecular weight excluding hydrogens is 355 g/mol. The molecule has 1 aliphatic rings. The number of anilines is 2. The van der Waals surface area contributed by atoms with Crippen LogP contribution in [-0.4, -0.2) is 36.1 Å². The Hall–Kier alpha value is -2.82. The topological polar surface area (TPSA) is 56.0 Å². The van der Waals surface area contributed by atoms with Gasteiger partial charge in [0.25, 0.3) is 0 Å². The number of alkyl halides is 3. The van der Waals surface area contributed by atoms with Gasteiger partial charge in [0.2, 0.25) is 0 Å². The molecule has 142 valence electrons. The fourth-order valence-electron chi connectivity index (χ4n) is 3.47. The summed E-state index contributed by atoms with van der Waals surface area (Å²) in [6, 6.07) is 7.62. The molecule has 0 radical (unpaired) electrons. The lowest BCUT2D eigenvalue weighted by Gasteiger charge is -2.39. The van der Waals surface area contributed by atoms with E-state index in [1.807, 2.05) is 29.8 Å². The summed E-state index contributed by atoms with van der Waals surface area (Å²) in [7, 11) is 1.92. The van der Waals surface area contributed by atoms with Gasteiger partial charge in [-0.25, -0.2) is 9.97 Å². The summed E-state index contributed by atoms with van der Waals surface area (Å²) >= 11 is 0. The summed E-state index contributed by atoms with van der Waals surface area (Å²) < 4.78 is 39.8. The maximum Gasteiger partial charge on any atom is 0.417 e. The SMILES string of the molecule is Cc1cc(N(C)C2CCCN(c3cccc(C(F)(F)F)c3C#N)C2)ncn1. The number of benzene rings is 1. The summed E-state index contributed by atoms with van der Waals surface area (Å²) in [5.74, 6) is 0.777. The lowest BCUT2D eigenvalue weighted by Crippen LogP contribution is -2.47. The molecule has 1 unspecified atom stereocenters. The van der Waals surface area contributed by atoms with E-state index in [1.54, 1.807) is 12.1 Å². The number of aromatic nitrogens is 2. The molecule has 1 fully saturated rings. The van der Waals surface area contributed by atoms with Crippen molar-refractivity contribution in [1.82, 2.24) is 9.97 Å². The molecule has 1 saturated heterocycles. The minimum Gasteiger partial charge on any atom is -0.368 e. The maximum atomic E-state index is 13.3. The molecule has 0 aliphatic carbocycles. The first-order valence-electron chi connectivity index (χ1n) is 8.68. The van der Waals surface area contributed by atoms with Gasteiger partial charge in [-0.3, -0.25) is 0 Å². The molecule has 1 aromatic carbocycles. The minimum absolute atomic E-state index is 0.0779. The fraction of sp³-hybridized carbons (Fsp3) is 0.421. The lowest BCUT2D eigenvalue weighted by atomic mass is 10.00. The van der Waals surface area contributed by atoms with Crippen LogP contribution in [-0.2, 0) is 6.18 Å². The summed E-state index contributed by atoms with van der Waals surface area (Å²) in [6.07, 6.45) is -1.33. The second-order valence-electron chi connectivity index (χ2n) is 6.68. The van der Waals surface area contributed by atoms with Crippen molar-refractivity contribution < 1.29 is 13.2 Å². The van der Waals surface area contributed by atoms with E-state index in [-0.39, 0.29) is 11.6 Å². The van der Waals surface area contributed by atoms with Gasteiger partial charge in [-0.1, -0.05) is 6.07 Å². The van der Waals surface area contributed by atoms with Crippen molar-refractivity contribution in [2.75, 3.05) is 29.9 Å². The number of likely N-dealkylation sites (N-methyl/N-ethyl adjacent to an activating group) is 1.